The highest BCUT2D eigenvalue weighted by atomic mass is 32.1. The quantitative estimate of drug-likeness (QED) is 0.849. The lowest BCUT2D eigenvalue weighted by Gasteiger charge is -2.34. The molecule has 1 fully saturated rings. The topological polar surface area (TPSA) is 29.3 Å². The molecule has 1 atom stereocenters. The molecule has 0 saturated carbocycles. The molecule has 0 bridgehead atoms. The van der Waals surface area contributed by atoms with Crippen LogP contribution in [-0.4, -0.2) is 24.0 Å². The highest BCUT2D eigenvalue weighted by Crippen LogP contribution is 2.24. The van der Waals surface area contributed by atoms with Crippen molar-refractivity contribution in [2.75, 3.05) is 13.1 Å². The Hall–Kier alpha value is -0.820. The van der Waals surface area contributed by atoms with Gasteiger partial charge in [-0.2, -0.15) is 0 Å². The third-order valence-electron chi connectivity index (χ3n) is 3.55. The highest BCUT2D eigenvalue weighted by Gasteiger charge is 2.20. The normalized spacial score (nSPS) is 20.4. The zero-order chi connectivity index (χ0) is 12.8. The van der Waals surface area contributed by atoms with Crippen LogP contribution in [0.3, 0.4) is 0 Å². The number of hydrogen-bond acceptors (Lipinski definition) is 3. The maximum absolute atomic E-state index is 5.39. The molecule has 2 N–H and O–H groups in total. The van der Waals surface area contributed by atoms with Crippen molar-refractivity contribution in [3.8, 4) is 11.8 Å². The first-order valence-corrected chi connectivity index (χ1v) is 7.67. The average molecular weight is 262 g/mol. The van der Waals surface area contributed by atoms with Crippen LogP contribution >= 0.6 is 11.3 Å². The molecule has 1 aliphatic heterocycles. The molecule has 1 unspecified atom stereocenters. The second kappa shape index (κ2) is 6.94. The van der Waals surface area contributed by atoms with Crippen LogP contribution in [0, 0.1) is 11.8 Å². The number of thiophene rings is 1. The van der Waals surface area contributed by atoms with Crippen molar-refractivity contribution in [3.05, 3.63) is 21.9 Å². The van der Waals surface area contributed by atoms with Crippen molar-refractivity contribution in [1.29, 1.82) is 0 Å². The van der Waals surface area contributed by atoms with E-state index in [0.717, 1.165) is 17.5 Å². The minimum absolute atomic E-state index is 0.442. The Balaban J connectivity index is 1.97. The number of hydrogen-bond donors (Lipinski definition) is 1. The first-order chi connectivity index (χ1) is 8.83. The Bertz CT molecular complexity index is 427. The van der Waals surface area contributed by atoms with E-state index in [1.807, 2.05) is 11.3 Å². The summed E-state index contributed by atoms with van der Waals surface area (Å²) in [4.78, 5) is 5.20. The Labute approximate surface area is 114 Å². The molecule has 2 heterocycles. The van der Waals surface area contributed by atoms with Gasteiger partial charge in [-0.25, -0.2) is 0 Å². The Morgan fingerprint density at radius 3 is 3.11 bits per heavy atom. The van der Waals surface area contributed by atoms with Crippen LogP contribution < -0.4 is 5.73 Å². The van der Waals surface area contributed by atoms with Gasteiger partial charge in [0, 0.05) is 17.5 Å². The van der Waals surface area contributed by atoms with Gasteiger partial charge in [0.25, 0.3) is 0 Å². The molecule has 0 radical (unpaired) electrons. The molecule has 1 aromatic rings. The largest absolute Gasteiger partial charge is 0.320 e. The summed E-state index contributed by atoms with van der Waals surface area (Å²) in [5.41, 5.74) is 5.39. The molecule has 0 amide bonds. The van der Waals surface area contributed by atoms with E-state index in [2.05, 4.69) is 35.8 Å². The van der Waals surface area contributed by atoms with Gasteiger partial charge in [-0.05, 0) is 37.9 Å². The summed E-state index contributed by atoms with van der Waals surface area (Å²) >= 11 is 1.81. The van der Waals surface area contributed by atoms with Crippen molar-refractivity contribution in [1.82, 2.24) is 4.90 Å². The second-order valence-electron chi connectivity index (χ2n) is 4.80. The van der Waals surface area contributed by atoms with Crippen LogP contribution in [-0.2, 0) is 6.54 Å². The van der Waals surface area contributed by atoms with Crippen LogP contribution in [0.15, 0.2) is 12.1 Å². The smallest absolute Gasteiger partial charge is 0.0772 e. The third kappa shape index (κ3) is 3.58. The summed E-state index contributed by atoms with van der Waals surface area (Å²) in [6.45, 7) is 5.08. The molecule has 0 aliphatic carbocycles. The van der Waals surface area contributed by atoms with Gasteiger partial charge in [-0.1, -0.05) is 25.2 Å². The maximum atomic E-state index is 5.39. The fraction of sp³-hybridized carbons (Fsp3) is 0.600. The lowest BCUT2D eigenvalue weighted by molar-refractivity contribution is 0.137. The SMILES string of the molecule is CCC1CCCCN1Cc1ccc(C#CCN)s1. The van der Waals surface area contributed by atoms with Crippen molar-refractivity contribution in [3.63, 3.8) is 0 Å². The minimum atomic E-state index is 0.442. The van der Waals surface area contributed by atoms with E-state index in [9.17, 15) is 0 Å². The molecule has 2 nitrogen and oxygen atoms in total. The molecular weight excluding hydrogens is 240 g/mol. The summed E-state index contributed by atoms with van der Waals surface area (Å²) in [6, 6.07) is 5.11. The Kier molecular flexibility index (Phi) is 5.25. The number of nitrogens with zero attached hydrogens (tertiary/aromatic N) is 1. The molecule has 18 heavy (non-hydrogen) atoms. The van der Waals surface area contributed by atoms with Crippen LogP contribution in [0.5, 0.6) is 0 Å². The minimum Gasteiger partial charge on any atom is -0.320 e. The molecular formula is C15H22N2S. The lowest BCUT2D eigenvalue weighted by atomic mass is 10.00. The predicted octanol–water partition coefficient (Wildman–Crippen LogP) is 2.82. The van der Waals surface area contributed by atoms with Gasteiger partial charge in [-0.3, -0.25) is 4.90 Å². The first-order valence-electron chi connectivity index (χ1n) is 6.85. The zero-order valence-corrected chi connectivity index (χ0v) is 11.9. The van der Waals surface area contributed by atoms with Crippen LogP contribution in [0.1, 0.15) is 42.4 Å². The van der Waals surface area contributed by atoms with E-state index in [-0.39, 0.29) is 0 Å². The lowest BCUT2D eigenvalue weighted by Crippen LogP contribution is -2.38. The van der Waals surface area contributed by atoms with Crippen LogP contribution in [0.25, 0.3) is 0 Å². The first kappa shape index (κ1) is 13.6. The Morgan fingerprint density at radius 2 is 2.33 bits per heavy atom. The molecule has 3 heteroatoms. The van der Waals surface area contributed by atoms with Gasteiger partial charge in [0.05, 0.1) is 11.4 Å². The second-order valence-corrected chi connectivity index (χ2v) is 5.97. The van der Waals surface area contributed by atoms with Crippen molar-refractivity contribution >= 4 is 11.3 Å². The molecule has 0 spiro atoms. The molecule has 1 aromatic heterocycles. The van der Waals surface area contributed by atoms with Gasteiger partial charge in [0.1, 0.15) is 0 Å². The summed E-state index contributed by atoms with van der Waals surface area (Å²) in [7, 11) is 0. The third-order valence-corrected chi connectivity index (χ3v) is 4.54. The summed E-state index contributed by atoms with van der Waals surface area (Å²) in [6.07, 6.45) is 5.38. The van der Waals surface area contributed by atoms with E-state index in [4.69, 9.17) is 5.73 Å². The van der Waals surface area contributed by atoms with Crippen LogP contribution in [0.4, 0.5) is 0 Å². The number of nitrogens with two attached hydrogens (primary N) is 1. The number of likely N-dealkylation sites (tertiary alicyclic amines) is 1. The van der Waals surface area contributed by atoms with Gasteiger partial charge >= 0.3 is 0 Å². The fourth-order valence-corrected chi connectivity index (χ4v) is 3.51. The molecule has 1 saturated heterocycles. The Morgan fingerprint density at radius 1 is 1.44 bits per heavy atom. The van der Waals surface area contributed by atoms with E-state index in [1.165, 1.54) is 37.1 Å². The van der Waals surface area contributed by atoms with Crippen molar-refractivity contribution in [2.24, 2.45) is 5.73 Å². The number of piperidine rings is 1. The van der Waals surface area contributed by atoms with Gasteiger partial charge < -0.3 is 5.73 Å². The summed E-state index contributed by atoms with van der Waals surface area (Å²) < 4.78 is 0. The van der Waals surface area contributed by atoms with E-state index >= 15 is 0 Å². The monoisotopic (exact) mass is 262 g/mol. The van der Waals surface area contributed by atoms with Crippen LogP contribution in [0.2, 0.25) is 0 Å². The molecule has 1 aliphatic rings. The molecule has 0 aromatic carbocycles. The van der Waals surface area contributed by atoms with Gasteiger partial charge in [-0.15, -0.1) is 11.3 Å². The molecule has 98 valence electrons. The summed E-state index contributed by atoms with van der Waals surface area (Å²) in [5.74, 6) is 6.03. The fourth-order valence-electron chi connectivity index (χ4n) is 2.60. The maximum Gasteiger partial charge on any atom is 0.0772 e. The van der Waals surface area contributed by atoms with E-state index in [0.29, 0.717) is 6.54 Å². The average Bonchev–Trinajstić information content (AvgIpc) is 2.84. The van der Waals surface area contributed by atoms with Gasteiger partial charge in [0.15, 0.2) is 0 Å². The van der Waals surface area contributed by atoms with E-state index < -0.39 is 0 Å². The molecule has 2 rings (SSSR count). The predicted molar refractivity (Wildman–Crippen MR) is 78.6 cm³/mol. The van der Waals surface area contributed by atoms with Crippen molar-refractivity contribution < 1.29 is 0 Å². The standard InChI is InChI=1S/C15H22N2S/c1-2-13-6-3-4-11-17(13)12-15-9-8-14(18-15)7-5-10-16/h8-9,13H,2-4,6,10-12,16H2,1H3. The summed E-state index contributed by atoms with van der Waals surface area (Å²) in [5, 5.41) is 0. The van der Waals surface area contributed by atoms with E-state index in [1.54, 1.807) is 0 Å². The van der Waals surface area contributed by atoms with Gasteiger partial charge in [0.2, 0.25) is 0 Å². The van der Waals surface area contributed by atoms with Crippen molar-refractivity contribution in [2.45, 2.75) is 45.2 Å². The zero-order valence-electron chi connectivity index (χ0n) is 11.1. The number of rotatable bonds is 3. The highest BCUT2D eigenvalue weighted by molar-refractivity contribution is 7.12.